The van der Waals surface area contributed by atoms with E-state index >= 15 is 0 Å². The summed E-state index contributed by atoms with van der Waals surface area (Å²) in [5, 5.41) is 6.08. The topological polar surface area (TPSA) is 52.0 Å². The second-order valence-electron chi connectivity index (χ2n) is 2.21. The standard InChI is InChI=1S/C7H5ClN2OS/c8-4-1-2-12-7(4)6-5(9)3-10-11-6/h1-3H,9H2. The van der Waals surface area contributed by atoms with Gasteiger partial charge in [-0.05, 0) is 11.4 Å². The minimum Gasteiger partial charge on any atom is -0.394 e. The third kappa shape index (κ3) is 1.09. The number of nitrogen functional groups attached to an aromatic ring is 1. The van der Waals surface area contributed by atoms with Gasteiger partial charge in [0.2, 0.25) is 5.76 Å². The zero-order valence-electron chi connectivity index (χ0n) is 5.95. The highest BCUT2D eigenvalue weighted by molar-refractivity contribution is 7.14. The van der Waals surface area contributed by atoms with Crippen LogP contribution in [0.1, 0.15) is 0 Å². The summed E-state index contributed by atoms with van der Waals surface area (Å²) in [6.07, 6.45) is 1.46. The Morgan fingerprint density at radius 1 is 1.58 bits per heavy atom. The predicted molar refractivity (Wildman–Crippen MR) is 49.2 cm³/mol. The summed E-state index contributed by atoms with van der Waals surface area (Å²) >= 11 is 7.35. The molecule has 0 saturated heterocycles. The number of hydrogen-bond donors (Lipinski definition) is 1. The van der Waals surface area contributed by atoms with Gasteiger partial charge in [-0.25, -0.2) is 0 Å². The minimum atomic E-state index is 0.513. The molecule has 0 aliphatic rings. The van der Waals surface area contributed by atoms with Crippen LogP contribution >= 0.6 is 22.9 Å². The van der Waals surface area contributed by atoms with E-state index in [1.165, 1.54) is 17.5 Å². The summed E-state index contributed by atoms with van der Waals surface area (Å²) in [6, 6.07) is 1.80. The summed E-state index contributed by atoms with van der Waals surface area (Å²) in [4.78, 5) is 0.826. The molecule has 0 fully saturated rings. The van der Waals surface area contributed by atoms with E-state index in [1.54, 1.807) is 6.07 Å². The maximum atomic E-state index is 5.87. The summed E-state index contributed by atoms with van der Waals surface area (Å²) in [7, 11) is 0. The quantitative estimate of drug-likeness (QED) is 0.770. The monoisotopic (exact) mass is 200 g/mol. The fourth-order valence-electron chi connectivity index (χ4n) is 0.875. The second-order valence-corrected chi connectivity index (χ2v) is 3.53. The molecule has 0 aromatic carbocycles. The Hall–Kier alpha value is -1.00. The molecule has 0 bridgehead atoms. The third-order valence-electron chi connectivity index (χ3n) is 1.42. The fourth-order valence-corrected chi connectivity index (χ4v) is 2.02. The van der Waals surface area contributed by atoms with E-state index in [2.05, 4.69) is 5.16 Å². The number of halogens is 1. The van der Waals surface area contributed by atoms with E-state index in [0.29, 0.717) is 16.5 Å². The van der Waals surface area contributed by atoms with Crippen LogP contribution in [0.3, 0.4) is 0 Å². The van der Waals surface area contributed by atoms with Crippen LogP contribution in [0.4, 0.5) is 5.69 Å². The average Bonchev–Trinajstić information content (AvgIpc) is 2.59. The Balaban J connectivity index is 2.57. The zero-order valence-corrected chi connectivity index (χ0v) is 7.52. The van der Waals surface area contributed by atoms with Crippen LogP contribution in [-0.4, -0.2) is 5.16 Å². The number of hydrogen-bond acceptors (Lipinski definition) is 4. The molecular weight excluding hydrogens is 196 g/mol. The van der Waals surface area contributed by atoms with Crippen LogP contribution < -0.4 is 5.73 Å². The second kappa shape index (κ2) is 2.80. The van der Waals surface area contributed by atoms with Gasteiger partial charge in [0.15, 0.2) is 0 Å². The van der Waals surface area contributed by atoms with Crippen molar-refractivity contribution in [1.82, 2.24) is 5.16 Å². The lowest BCUT2D eigenvalue weighted by Gasteiger charge is -1.91. The summed E-state index contributed by atoms with van der Waals surface area (Å²) in [6.45, 7) is 0. The van der Waals surface area contributed by atoms with Crippen molar-refractivity contribution >= 4 is 28.6 Å². The Labute approximate surface area is 77.7 Å². The molecule has 2 aromatic heterocycles. The Morgan fingerprint density at radius 3 is 2.92 bits per heavy atom. The zero-order chi connectivity index (χ0) is 8.55. The normalized spacial score (nSPS) is 10.4. The highest BCUT2D eigenvalue weighted by atomic mass is 35.5. The minimum absolute atomic E-state index is 0.513. The number of thiophene rings is 1. The van der Waals surface area contributed by atoms with Gasteiger partial charge in [0.1, 0.15) is 5.69 Å². The van der Waals surface area contributed by atoms with E-state index in [-0.39, 0.29) is 0 Å². The van der Waals surface area contributed by atoms with E-state index in [9.17, 15) is 0 Å². The molecule has 0 spiro atoms. The number of rotatable bonds is 1. The maximum Gasteiger partial charge on any atom is 0.201 e. The lowest BCUT2D eigenvalue weighted by Crippen LogP contribution is -1.82. The Bertz CT molecular complexity index is 357. The van der Waals surface area contributed by atoms with Gasteiger partial charge in [0.25, 0.3) is 0 Å². The molecule has 0 saturated carbocycles. The van der Waals surface area contributed by atoms with Crippen molar-refractivity contribution in [3.8, 4) is 10.6 Å². The van der Waals surface area contributed by atoms with Gasteiger partial charge in [-0.1, -0.05) is 16.8 Å². The summed E-state index contributed by atoms with van der Waals surface area (Å²) < 4.78 is 4.94. The third-order valence-corrected chi connectivity index (χ3v) is 2.76. The van der Waals surface area contributed by atoms with Crippen LogP contribution in [0, 0.1) is 0 Å². The molecular formula is C7H5ClN2OS. The van der Waals surface area contributed by atoms with Crippen LogP contribution in [0.2, 0.25) is 5.02 Å². The average molecular weight is 201 g/mol. The smallest absolute Gasteiger partial charge is 0.201 e. The van der Waals surface area contributed by atoms with Crippen LogP contribution in [0.15, 0.2) is 22.2 Å². The van der Waals surface area contributed by atoms with Crippen LogP contribution in [0.25, 0.3) is 10.6 Å². The van der Waals surface area contributed by atoms with Crippen molar-refractivity contribution in [3.63, 3.8) is 0 Å². The molecule has 5 heteroatoms. The van der Waals surface area contributed by atoms with Gasteiger partial charge in [0, 0.05) is 0 Å². The van der Waals surface area contributed by atoms with E-state index in [1.807, 2.05) is 5.38 Å². The molecule has 12 heavy (non-hydrogen) atoms. The van der Waals surface area contributed by atoms with Gasteiger partial charge >= 0.3 is 0 Å². The lowest BCUT2D eigenvalue weighted by molar-refractivity contribution is 0.433. The Kier molecular flexibility index (Phi) is 1.78. The molecule has 0 unspecified atom stereocenters. The van der Waals surface area contributed by atoms with Crippen molar-refractivity contribution in [3.05, 3.63) is 22.7 Å². The van der Waals surface area contributed by atoms with Crippen molar-refractivity contribution in [2.45, 2.75) is 0 Å². The molecule has 0 atom stereocenters. The molecule has 2 heterocycles. The fraction of sp³-hybridized carbons (Fsp3) is 0. The van der Waals surface area contributed by atoms with Gasteiger partial charge in [-0.15, -0.1) is 11.3 Å². The van der Waals surface area contributed by atoms with Crippen molar-refractivity contribution in [2.75, 3.05) is 5.73 Å². The van der Waals surface area contributed by atoms with Crippen LogP contribution in [-0.2, 0) is 0 Å². The molecule has 0 aliphatic carbocycles. The molecule has 0 aliphatic heterocycles. The van der Waals surface area contributed by atoms with Crippen molar-refractivity contribution in [2.24, 2.45) is 0 Å². The summed E-state index contributed by atoms with van der Waals surface area (Å²) in [5.74, 6) is 0.551. The van der Waals surface area contributed by atoms with Gasteiger partial charge in [-0.3, -0.25) is 0 Å². The van der Waals surface area contributed by atoms with Gasteiger partial charge in [0.05, 0.1) is 16.1 Å². The van der Waals surface area contributed by atoms with Crippen molar-refractivity contribution < 1.29 is 4.52 Å². The number of nitrogens with two attached hydrogens (primary N) is 1. The first-order valence-corrected chi connectivity index (χ1v) is 4.48. The Morgan fingerprint density at radius 2 is 2.42 bits per heavy atom. The first kappa shape index (κ1) is 7.64. The maximum absolute atomic E-state index is 5.87. The first-order chi connectivity index (χ1) is 5.79. The van der Waals surface area contributed by atoms with E-state index in [4.69, 9.17) is 21.9 Å². The first-order valence-electron chi connectivity index (χ1n) is 3.22. The highest BCUT2D eigenvalue weighted by Crippen LogP contribution is 2.35. The number of aromatic nitrogens is 1. The largest absolute Gasteiger partial charge is 0.394 e. The van der Waals surface area contributed by atoms with Crippen LogP contribution in [0.5, 0.6) is 0 Å². The molecule has 2 N–H and O–H groups in total. The van der Waals surface area contributed by atoms with E-state index in [0.717, 1.165) is 4.88 Å². The molecule has 2 aromatic rings. The lowest BCUT2D eigenvalue weighted by atomic mass is 10.3. The van der Waals surface area contributed by atoms with Gasteiger partial charge < -0.3 is 10.3 Å². The number of anilines is 1. The summed E-state index contributed by atoms with van der Waals surface area (Å²) in [5.41, 5.74) is 6.11. The molecule has 0 amide bonds. The van der Waals surface area contributed by atoms with Crippen molar-refractivity contribution in [1.29, 1.82) is 0 Å². The predicted octanol–water partition coefficient (Wildman–Crippen LogP) is 2.64. The highest BCUT2D eigenvalue weighted by Gasteiger charge is 2.12. The molecule has 0 radical (unpaired) electrons. The molecule has 3 nitrogen and oxygen atoms in total. The molecule has 62 valence electrons. The molecule has 2 rings (SSSR count). The SMILES string of the molecule is Nc1cnoc1-c1sccc1Cl. The van der Waals surface area contributed by atoms with Gasteiger partial charge in [-0.2, -0.15) is 0 Å². The van der Waals surface area contributed by atoms with E-state index < -0.39 is 0 Å². The number of nitrogens with zero attached hydrogens (tertiary/aromatic N) is 1.